The predicted octanol–water partition coefficient (Wildman–Crippen LogP) is 3.14. The fourth-order valence-corrected chi connectivity index (χ4v) is 2.71. The Kier molecular flexibility index (Phi) is 3.07. The lowest BCUT2D eigenvalue weighted by atomic mass is 9.85. The summed E-state index contributed by atoms with van der Waals surface area (Å²) >= 11 is 0. The summed E-state index contributed by atoms with van der Waals surface area (Å²) in [6.45, 7) is 4.91. The zero-order valence-electron chi connectivity index (χ0n) is 9.21. The molecule has 0 bridgehead atoms. The fourth-order valence-electron chi connectivity index (χ4n) is 2.71. The van der Waals surface area contributed by atoms with Crippen LogP contribution < -0.4 is 0 Å². The van der Waals surface area contributed by atoms with E-state index in [4.69, 9.17) is 0 Å². The van der Waals surface area contributed by atoms with Crippen molar-refractivity contribution in [3.63, 3.8) is 0 Å². The molecule has 0 N–H and O–H groups in total. The molecule has 1 atom stereocenters. The number of nitrogens with zero attached hydrogens (tertiary/aromatic N) is 1. The van der Waals surface area contributed by atoms with Gasteiger partial charge in [-0.25, -0.2) is 0 Å². The molecule has 2 aliphatic rings. The number of allylic oxidation sites excluding steroid dienone is 2. The molecule has 0 aromatic heterocycles. The van der Waals surface area contributed by atoms with Crippen molar-refractivity contribution < 1.29 is 0 Å². The number of hydrogen-bond donors (Lipinski definition) is 0. The Labute approximate surface area is 87.5 Å². The van der Waals surface area contributed by atoms with Gasteiger partial charge >= 0.3 is 0 Å². The van der Waals surface area contributed by atoms with Gasteiger partial charge in [-0.05, 0) is 38.8 Å². The molecule has 1 aliphatic carbocycles. The molecule has 1 saturated heterocycles. The van der Waals surface area contributed by atoms with E-state index in [9.17, 15) is 0 Å². The van der Waals surface area contributed by atoms with Gasteiger partial charge in [0.15, 0.2) is 0 Å². The van der Waals surface area contributed by atoms with Crippen LogP contribution in [0.1, 0.15) is 39.0 Å². The van der Waals surface area contributed by atoms with Crippen LogP contribution in [0.2, 0.25) is 0 Å². The first-order chi connectivity index (χ1) is 6.87. The van der Waals surface area contributed by atoms with Crippen LogP contribution in [-0.2, 0) is 0 Å². The monoisotopic (exact) mass is 191 g/mol. The third kappa shape index (κ3) is 1.78. The van der Waals surface area contributed by atoms with E-state index >= 15 is 0 Å². The maximum absolute atomic E-state index is 2.69. The van der Waals surface area contributed by atoms with Crippen LogP contribution in [-0.4, -0.2) is 23.5 Å². The Bertz CT molecular complexity index is 236. The van der Waals surface area contributed by atoms with Crippen LogP contribution in [0, 0.1) is 0 Å². The van der Waals surface area contributed by atoms with Crippen LogP contribution >= 0.6 is 0 Å². The number of likely N-dealkylation sites (tertiary alicyclic amines) is 1. The Morgan fingerprint density at radius 3 is 2.50 bits per heavy atom. The van der Waals surface area contributed by atoms with Crippen molar-refractivity contribution in [3.05, 3.63) is 24.3 Å². The fraction of sp³-hybridized carbons (Fsp3) is 0.692. The summed E-state index contributed by atoms with van der Waals surface area (Å²) < 4.78 is 0. The molecule has 0 radical (unpaired) electrons. The second kappa shape index (κ2) is 4.31. The molecule has 0 spiro atoms. The first-order valence-electron chi connectivity index (χ1n) is 5.97. The van der Waals surface area contributed by atoms with E-state index in [-0.39, 0.29) is 0 Å². The predicted molar refractivity (Wildman–Crippen MR) is 61.3 cm³/mol. The third-order valence-corrected chi connectivity index (χ3v) is 3.72. The molecule has 0 saturated carbocycles. The van der Waals surface area contributed by atoms with E-state index in [1.54, 1.807) is 0 Å². The highest BCUT2D eigenvalue weighted by molar-refractivity contribution is 5.21. The van der Waals surface area contributed by atoms with Gasteiger partial charge in [-0.3, -0.25) is 4.90 Å². The molecule has 78 valence electrons. The molecular weight excluding hydrogens is 170 g/mol. The highest BCUT2D eigenvalue weighted by Crippen LogP contribution is 2.31. The number of rotatable bonds is 2. The Morgan fingerprint density at radius 1 is 1.14 bits per heavy atom. The van der Waals surface area contributed by atoms with E-state index < -0.39 is 0 Å². The maximum Gasteiger partial charge on any atom is 0.0426 e. The van der Waals surface area contributed by atoms with Crippen LogP contribution in [0.25, 0.3) is 0 Å². The van der Waals surface area contributed by atoms with Crippen molar-refractivity contribution >= 4 is 0 Å². The molecule has 1 fully saturated rings. The maximum atomic E-state index is 2.69. The topological polar surface area (TPSA) is 3.24 Å². The Balaban J connectivity index is 2.10. The lowest BCUT2D eigenvalue weighted by Crippen LogP contribution is -2.49. The molecule has 2 rings (SSSR count). The van der Waals surface area contributed by atoms with Gasteiger partial charge in [-0.1, -0.05) is 37.6 Å². The van der Waals surface area contributed by atoms with Gasteiger partial charge in [0.05, 0.1) is 0 Å². The van der Waals surface area contributed by atoms with Gasteiger partial charge in [0.1, 0.15) is 0 Å². The van der Waals surface area contributed by atoms with Crippen molar-refractivity contribution in [2.24, 2.45) is 0 Å². The lowest BCUT2D eigenvalue weighted by Gasteiger charge is -2.44. The molecule has 0 aromatic rings. The van der Waals surface area contributed by atoms with Crippen molar-refractivity contribution in [3.8, 4) is 0 Å². The average molecular weight is 191 g/mol. The second-order valence-corrected chi connectivity index (χ2v) is 4.50. The number of hydrogen-bond acceptors (Lipinski definition) is 1. The average Bonchev–Trinajstić information content (AvgIpc) is 2.31. The van der Waals surface area contributed by atoms with Gasteiger partial charge < -0.3 is 0 Å². The molecule has 0 aromatic carbocycles. The van der Waals surface area contributed by atoms with Gasteiger partial charge in [0, 0.05) is 5.54 Å². The van der Waals surface area contributed by atoms with Gasteiger partial charge in [-0.15, -0.1) is 0 Å². The minimum absolute atomic E-state index is 0.356. The molecule has 1 aliphatic heterocycles. The van der Waals surface area contributed by atoms with Crippen LogP contribution in [0.5, 0.6) is 0 Å². The minimum Gasteiger partial charge on any atom is -0.294 e. The van der Waals surface area contributed by atoms with Crippen molar-refractivity contribution in [2.45, 2.75) is 44.6 Å². The Hall–Kier alpha value is -0.560. The summed E-state index contributed by atoms with van der Waals surface area (Å²) in [4.78, 5) is 2.69. The van der Waals surface area contributed by atoms with Crippen LogP contribution in [0.4, 0.5) is 0 Å². The standard InChI is InChI=1S/C13H21N/c1-2-13(9-5-3-6-10-13)14-11-7-4-8-12-14/h3,5-6,9H,2,4,7-8,10-12H2,1H3/t13-/m1/s1. The largest absolute Gasteiger partial charge is 0.294 e. The van der Waals surface area contributed by atoms with E-state index in [2.05, 4.69) is 36.1 Å². The highest BCUT2D eigenvalue weighted by atomic mass is 15.2. The summed E-state index contributed by atoms with van der Waals surface area (Å²) in [5.41, 5.74) is 0.356. The molecule has 0 unspecified atom stereocenters. The van der Waals surface area contributed by atoms with Gasteiger partial charge in [0.2, 0.25) is 0 Å². The van der Waals surface area contributed by atoms with E-state index in [1.807, 2.05) is 0 Å². The lowest BCUT2D eigenvalue weighted by molar-refractivity contribution is 0.101. The van der Waals surface area contributed by atoms with Crippen molar-refractivity contribution in [1.82, 2.24) is 4.90 Å². The molecule has 14 heavy (non-hydrogen) atoms. The van der Waals surface area contributed by atoms with E-state index in [1.165, 1.54) is 45.2 Å². The molecule has 1 nitrogen and oxygen atoms in total. The third-order valence-electron chi connectivity index (χ3n) is 3.72. The van der Waals surface area contributed by atoms with E-state index in [0.717, 1.165) is 0 Å². The second-order valence-electron chi connectivity index (χ2n) is 4.50. The Morgan fingerprint density at radius 2 is 1.93 bits per heavy atom. The normalized spacial score (nSPS) is 33.5. The summed E-state index contributed by atoms with van der Waals surface area (Å²) in [6.07, 6.45) is 15.8. The first kappa shape index (κ1) is 9.97. The highest BCUT2D eigenvalue weighted by Gasteiger charge is 2.32. The molecular formula is C13H21N. The van der Waals surface area contributed by atoms with Crippen LogP contribution in [0.15, 0.2) is 24.3 Å². The van der Waals surface area contributed by atoms with E-state index in [0.29, 0.717) is 5.54 Å². The molecule has 1 heterocycles. The zero-order chi connectivity index (χ0) is 9.86. The van der Waals surface area contributed by atoms with Crippen molar-refractivity contribution in [1.29, 1.82) is 0 Å². The SMILES string of the molecule is CC[C@@]1(N2CCCCC2)C=CC=CC1. The van der Waals surface area contributed by atoms with Crippen molar-refractivity contribution in [2.75, 3.05) is 13.1 Å². The minimum atomic E-state index is 0.356. The summed E-state index contributed by atoms with van der Waals surface area (Å²) in [5.74, 6) is 0. The zero-order valence-corrected chi connectivity index (χ0v) is 9.21. The summed E-state index contributed by atoms with van der Waals surface area (Å²) in [7, 11) is 0. The molecule has 1 heteroatoms. The number of piperidine rings is 1. The van der Waals surface area contributed by atoms with Crippen LogP contribution in [0.3, 0.4) is 0 Å². The summed E-state index contributed by atoms with van der Waals surface area (Å²) in [5, 5.41) is 0. The molecule has 0 amide bonds. The summed E-state index contributed by atoms with van der Waals surface area (Å²) in [6, 6.07) is 0. The van der Waals surface area contributed by atoms with Gasteiger partial charge in [-0.2, -0.15) is 0 Å². The smallest absolute Gasteiger partial charge is 0.0426 e. The first-order valence-corrected chi connectivity index (χ1v) is 5.97. The van der Waals surface area contributed by atoms with Gasteiger partial charge in [0.25, 0.3) is 0 Å². The quantitative estimate of drug-likeness (QED) is 0.648.